The van der Waals surface area contributed by atoms with Crippen molar-refractivity contribution in [2.24, 2.45) is 11.1 Å². The van der Waals surface area contributed by atoms with Crippen LogP contribution < -0.4 is 5.73 Å². The molecule has 0 aliphatic carbocycles. The number of nitrogens with zero attached hydrogens (tertiary/aromatic N) is 2. The fourth-order valence-corrected chi connectivity index (χ4v) is 2.76. The molecular weight excluding hydrogens is 214 g/mol. The molecule has 0 saturated carbocycles. The molecule has 0 radical (unpaired) electrons. The lowest BCUT2D eigenvalue weighted by Crippen LogP contribution is -2.49. The number of likely N-dealkylation sites (N-methyl/N-ethyl adjacent to an activating group) is 1. The van der Waals surface area contributed by atoms with Gasteiger partial charge in [-0.15, -0.1) is 0 Å². The Hall–Kier alpha value is -0.610. The summed E-state index contributed by atoms with van der Waals surface area (Å²) < 4.78 is 0. The Balaban J connectivity index is 3.00. The van der Waals surface area contributed by atoms with Crippen LogP contribution in [0.3, 0.4) is 0 Å². The largest absolute Gasteiger partial charge is 0.344 e. The van der Waals surface area contributed by atoms with Crippen LogP contribution in [0.25, 0.3) is 0 Å². The standard InChI is InChI=1S/C13H27N3O/c1-10(2)16-9-13(3,4)8-15(5)12(17)11(16)6-7-14/h10-11H,6-9,14H2,1-5H3. The van der Waals surface area contributed by atoms with Crippen LogP contribution in [0.5, 0.6) is 0 Å². The summed E-state index contributed by atoms with van der Waals surface area (Å²) in [5.74, 6) is 0.217. The van der Waals surface area contributed by atoms with E-state index in [2.05, 4.69) is 32.6 Å². The van der Waals surface area contributed by atoms with Gasteiger partial charge in [0.15, 0.2) is 0 Å². The lowest BCUT2D eigenvalue weighted by molar-refractivity contribution is -0.135. The first-order valence-electron chi connectivity index (χ1n) is 6.49. The van der Waals surface area contributed by atoms with Crippen molar-refractivity contribution >= 4 is 5.91 Å². The number of nitrogens with two attached hydrogens (primary N) is 1. The maximum Gasteiger partial charge on any atom is 0.239 e. The van der Waals surface area contributed by atoms with Crippen molar-refractivity contribution in [3.05, 3.63) is 0 Å². The maximum absolute atomic E-state index is 12.4. The van der Waals surface area contributed by atoms with Crippen LogP contribution in [0.2, 0.25) is 0 Å². The van der Waals surface area contributed by atoms with Crippen molar-refractivity contribution in [3.8, 4) is 0 Å². The zero-order valence-corrected chi connectivity index (χ0v) is 11.9. The zero-order valence-electron chi connectivity index (χ0n) is 11.9. The molecule has 1 aliphatic heterocycles. The molecule has 17 heavy (non-hydrogen) atoms. The third-order valence-corrected chi connectivity index (χ3v) is 3.44. The van der Waals surface area contributed by atoms with Gasteiger partial charge in [-0.2, -0.15) is 0 Å². The first kappa shape index (κ1) is 14.5. The van der Waals surface area contributed by atoms with E-state index in [1.165, 1.54) is 0 Å². The minimum absolute atomic E-state index is 0.0493. The van der Waals surface area contributed by atoms with Gasteiger partial charge in [-0.25, -0.2) is 0 Å². The molecule has 2 N–H and O–H groups in total. The van der Waals surface area contributed by atoms with E-state index in [4.69, 9.17) is 5.73 Å². The van der Waals surface area contributed by atoms with E-state index in [-0.39, 0.29) is 17.4 Å². The second-order valence-electron chi connectivity index (χ2n) is 6.22. The Kier molecular flexibility index (Phi) is 4.55. The number of hydrogen-bond acceptors (Lipinski definition) is 3. The summed E-state index contributed by atoms with van der Waals surface area (Å²) >= 11 is 0. The smallest absolute Gasteiger partial charge is 0.239 e. The summed E-state index contributed by atoms with van der Waals surface area (Å²) in [6.07, 6.45) is 0.747. The molecule has 1 heterocycles. The summed E-state index contributed by atoms with van der Waals surface area (Å²) in [4.78, 5) is 16.5. The molecule has 4 heteroatoms. The number of amides is 1. The highest BCUT2D eigenvalue weighted by molar-refractivity contribution is 5.82. The number of carbonyl (C=O) groups is 1. The molecule has 1 unspecified atom stereocenters. The lowest BCUT2D eigenvalue weighted by atomic mass is 9.92. The monoisotopic (exact) mass is 241 g/mol. The molecule has 1 fully saturated rings. The van der Waals surface area contributed by atoms with Crippen LogP contribution >= 0.6 is 0 Å². The van der Waals surface area contributed by atoms with E-state index in [1.807, 2.05) is 11.9 Å². The van der Waals surface area contributed by atoms with Gasteiger partial charge in [0.1, 0.15) is 0 Å². The molecule has 1 amide bonds. The Morgan fingerprint density at radius 1 is 1.41 bits per heavy atom. The minimum Gasteiger partial charge on any atom is -0.344 e. The predicted molar refractivity (Wildman–Crippen MR) is 70.7 cm³/mol. The molecule has 4 nitrogen and oxygen atoms in total. The van der Waals surface area contributed by atoms with Crippen LogP contribution in [-0.4, -0.2) is 54.5 Å². The van der Waals surface area contributed by atoms with E-state index >= 15 is 0 Å². The van der Waals surface area contributed by atoms with Crippen LogP contribution in [0.1, 0.15) is 34.1 Å². The average Bonchev–Trinajstić information content (AvgIpc) is 2.28. The molecule has 1 aliphatic rings. The quantitative estimate of drug-likeness (QED) is 0.799. The molecule has 0 spiro atoms. The van der Waals surface area contributed by atoms with Crippen molar-refractivity contribution in [3.63, 3.8) is 0 Å². The van der Waals surface area contributed by atoms with Gasteiger partial charge in [0.05, 0.1) is 6.04 Å². The Morgan fingerprint density at radius 3 is 2.47 bits per heavy atom. The van der Waals surface area contributed by atoms with E-state index in [9.17, 15) is 4.79 Å². The molecule has 0 bridgehead atoms. The van der Waals surface area contributed by atoms with Crippen molar-refractivity contribution in [1.29, 1.82) is 0 Å². The van der Waals surface area contributed by atoms with Crippen molar-refractivity contribution in [1.82, 2.24) is 9.80 Å². The van der Waals surface area contributed by atoms with Crippen molar-refractivity contribution in [2.45, 2.75) is 46.2 Å². The van der Waals surface area contributed by atoms with Gasteiger partial charge in [-0.1, -0.05) is 13.8 Å². The van der Waals surface area contributed by atoms with Crippen molar-refractivity contribution < 1.29 is 4.79 Å². The van der Waals surface area contributed by atoms with Gasteiger partial charge < -0.3 is 10.6 Å². The summed E-state index contributed by atoms with van der Waals surface area (Å²) in [6.45, 7) is 11.1. The fraction of sp³-hybridized carbons (Fsp3) is 0.923. The third kappa shape index (κ3) is 3.42. The highest BCUT2D eigenvalue weighted by Gasteiger charge is 2.38. The summed E-state index contributed by atoms with van der Waals surface area (Å²) in [7, 11) is 1.90. The molecule has 0 aromatic rings. The normalized spacial score (nSPS) is 26.4. The first-order chi connectivity index (χ1) is 7.78. The maximum atomic E-state index is 12.4. The van der Waals surface area contributed by atoms with Gasteiger partial charge in [0.25, 0.3) is 0 Å². The van der Waals surface area contributed by atoms with Gasteiger partial charge in [-0.05, 0) is 32.2 Å². The predicted octanol–water partition coefficient (Wildman–Crippen LogP) is 0.912. The van der Waals surface area contributed by atoms with Gasteiger partial charge in [0.2, 0.25) is 5.91 Å². The van der Waals surface area contributed by atoms with Gasteiger partial charge in [-0.3, -0.25) is 9.69 Å². The van der Waals surface area contributed by atoms with Crippen LogP contribution in [0, 0.1) is 5.41 Å². The molecule has 1 atom stereocenters. The molecule has 0 aromatic heterocycles. The Bertz CT molecular complexity index is 276. The summed E-state index contributed by atoms with van der Waals surface area (Å²) in [5, 5.41) is 0. The fourth-order valence-electron chi connectivity index (χ4n) is 2.76. The molecule has 1 rings (SSSR count). The number of hydrogen-bond donors (Lipinski definition) is 1. The van der Waals surface area contributed by atoms with Crippen LogP contribution in [0.4, 0.5) is 0 Å². The number of carbonyl (C=O) groups excluding carboxylic acids is 1. The summed E-state index contributed by atoms with van der Waals surface area (Å²) in [5.41, 5.74) is 5.79. The molecule has 0 aromatic carbocycles. The van der Waals surface area contributed by atoms with Crippen LogP contribution in [-0.2, 0) is 4.79 Å². The van der Waals surface area contributed by atoms with E-state index in [1.54, 1.807) is 0 Å². The van der Waals surface area contributed by atoms with Crippen LogP contribution in [0.15, 0.2) is 0 Å². The lowest BCUT2D eigenvalue weighted by Gasteiger charge is -2.35. The minimum atomic E-state index is -0.0493. The second kappa shape index (κ2) is 5.36. The third-order valence-electron chi connectivity index (χ3n) is 3.44. The number of rotatable bonds is 3. The topological polar surface area (TPSA) is 49.6 Å². The Morgan fingerprint density at radius 2 is 2.00 bits per heavy atom. The summed E-state index contributed by atoms with van der Waals surface area (Å²) in [6, 6.07) is 0.327. The molecule has 1 saturated heterocycles. The molecule has 100 valence electrons. The highest BCUT2D eigenvalue weighted by atomic mass is 16.2. The van der Waals surface area contributed by atoms with E-state index in [0.717, 1.165) is 19.5 Å². The average molecular weight is 241 g/mol. The SMILES string of the molecule is CC(C)N1CC(C)(C)CN(C)C(=O)C1CCN. The van der Waals surface area contributed by atoms with Gasteiger partial charge >= 0.3 is 0 Å². The van der Waals surface area contributed by atoms with E-state index < -0.39 is 0 Å². The second-order valence-corrected chi connectivity index (χ2v) is 6.22. The molecular formula is C13H27N3O. The van der Waals surface area contributed by atoms with E-state index in [0.29, 0.717) is 12.6 Å². The van der Waals surface area contributed by atoms with Gasteiger partial charge in [0, 0.05) is 26.2 Å². The Labute approximate surface area is 105 Å². The van der Waals surface area contributed by atoms with Crippen molar-refractivity contribution in [2.75, 3.05) is 26.7 Å². The first-order valence-corrected chi connectivity index (χ1v) is 6.49. The zero-order chi connectivity index (χ0) is 13.2. The highest BCUT2D eigenvalue weighted by Crippen LogP contribution is 2.26.